The summed E-state index contributed by atoms with van der Waals surface area (Å²) in [7, 11) is 0. The van der Waals surface area contributed by atoms with Crippen molar-refractivity contribution in [2.45, 2.75) is 40.6 Å². The number of carbonyl (C=O) groups is 2. The molecule has 0 saturated heterocycles. The second kappa shape index (κ2) is 12.4. The molecule has 8 heteroatoms. The third-order valence-electron chi connectivity index (χ3n) is 3.94. The Morgan fingerprint density at radius 3 is 1.45 bits per heavy atom. The van der Waals surface area contributed by atoms with E-state index in [-0.39, 0.29) is 22.3 Å². The third-order valence-corrected chi connectivity index (χ3v) is 6.67. The largest absolute Gasteiger partial charge is 0.355 e. The van der Waals surface area contributed by atoms with Crippen molar-refractivity contribution >= 4 is 58.5 Å². The van der Waals surface area contributed by atoms with Gasteiger partial charge in [0.2, 0.25) is 11.8 Å². The lowest BCUT2D eigenvalue weighted by Crippen LogP contribution is -2.35. The van der Waals surface area contributed by atoms with Crippen LogP contribution in [0.4, 0.5) is 0 Å². The van der Waals surface area contributed by atoms with Gasteiger partial charge in [0.1, 0.15) is 0 Å². The summed E-state index contributed by atoms with van der Waals surface area (Å²) >= 11 is 14.7. The van der Waals surface area contributed by atoms with Crippen LogP contribution in [0, 0.1) is 0 Å². The molecule has 2 aromatic carbocycles. The summed E-state index contributed by atoms with van der Waals surface area (Å²) in [6.07, 6.45) is 0.675. The maximum Gasteiger partial charge on any atom is 0.233 e. The molecule has 0 spiro atoms. The zero-order valence-corrected chi connectivity index (χ0v) is 19.4. The second-order valence-electron chi connectivity index (χ2n) is 6.36. The summed E-state index contributed by atoms with van der Waals surface area (Å²) < 4.78 is 0. The Hall–Kier alpha value is -1.34. The number of rotatable bonds is 10. The Balaban J connectivity index is 1.61. The molecule has 0 heterocycles. The van der Waals surface area contributed by atoms with Crippen molar-refractivity contribution in [1.82, 2.24) is 10.6 Å². The number of carbonyl (C=O) groups excluding carboxylic acids is 2. The molecular formula is C21H24Cl2N2O2S2. The van der Waals surface area contributed by atoms with E-state index in [2.05, 4.69) is 10.6 Å². The number of benzene rings is 2. The van der Waals surface area contributed by atoms with E-state index in [1.165, 1.54) is 23.5 Å². The van der Waals surface area contributed by atoms with Gasteiger partial charge in [-0.1, -0.05) is 23.2 Å². The molecule has 0 aliphatic heterocycles. The summed E-state index contributed by atoms with van der Waals surface area (Å²) in [4.78, 5) is 26.4. The van der Waals surface area contributed by atoms with Crippen LogP contribution in [0.3, 0.4) is 0 Å². The Kier molecular flexibility index (Phi) is 10.2. The molecule has 0 bridgehead atoms. The van der Waals surface area contributed by atoms with Gasteiger partial charge in [-0.05, 0) is 68.8 Å². The maximum absolute atomic E-state index is 12.2. The van der Waals surface area contributed by atoms with Crippen molar-refractivity contribution in [2.24, 2.45) is 0 Å². The number of halogens is 2. The molecule has 2 atom stereocenters. The minimum Gasteiger partial charge on any atom is -0.355 e. The quantitative estimate of drug-likeness (QED) is 0.366. The highest BCUT2D eigenvalue weighted by molar-refractivity contribution is 8.00. The van der Waals surface area contributed by atoms with Crippen LogP contribution < -0.4 is 10.6 Å². The van der Waals surface area contributed by atoms with Crippen molar-refractivity contribution in [3.63, 3.8) is 0 Å². The molecule has 0 aliphatic rings. The van der Waals surface area contributed by atoms with Gasteiger partial charge in [0.05, 0.1) is 10.5 Å². The standard InChI is InChI=1S/C21H24Cl2N2O2S2/c1-14(28-18-8-4-16(22)5-9-18)20(26)24-12-3-13-25-21(27)15(2)29-19-10-6-17(23)7-11-19/h4-11,14-15H,3,12-13H2,1-2H3,(H,24,26)(H,25,27). The molecule has 2 rings (SSSR count). The monoisotopic (exact) mass is 470 g/mol. The van der Waals surface area contributed by atoms with Gasteiger partial charge in [-0.15, -0.1) is 23.5 Å². The lowest BCUT2D eigenvalue weighted by atomic mass is 10.3. The van der Waals surface area contributed by atoms with Crippen LogP contribution in [0.15, 0.2) is 58.3 Å². The van der Waals surface area contributed by atoms with Crippen molar-refractivity contribution in [1.29, 1.82) is 0 Å². The molecule has 156 valence electrons. The Labute approximate surface area is 190 Å². The zero-order chi connectivity index (χ0) is 21.2. The van der Waals surface area contributed by atoms with E-state index >= 15 is 0 Å². The Morgan fingerprint density at radius 1 is 0.759 bits per heavy atom. The van der Waals surface area contributed by atoms with Crippen LogP contribution in [0.25, 0.3) is 0 Å². The highest BCUT2D eigenvalue weighted by atomic mass is 35.5. The molecule has 2 unspecified atom stereocenters. The number of hydrogen-bond donors (Lipinski definition) is 2. The second-order valence-corrected chi connectivity index (χ2v) is 10.1. The molecule has 2 aromatic rings. The van der Waals surface area contributed by atoms with Gasteiger partial charge in [-0.25, -0.2) is 0 Å². The van der Waals surface area contributed by atoms with Crippen LogP contribution in [0.2, 0.25) is 10.0 Å². The van der Waals surface area contributed by atoms with Crippen molar-refractivity contribution in [2.75, 3.05) is 13.1 Å². The van der Waals surface area contributed by atoms with E-state index < -0.39 is 0 Å². The third kappa shape index (κ3) is 8.91. The van der Waals surface area contributed by atoms with Crippen LogP contribution in [-0.4, -0.2) is 35.4 Å². The summed E-state index contributed by atoms with van der Waals surface area (Å²) in [6, 6.07) is 14.8. The smallest absolute Gasteiger partial charge is 0.233 e. The first-order valence-corrected chi connectivity index (χ1v) is 11.8. The molecule has 0 aromatic heterocycles. The van der Waals surface area contributed by atoms with Gasteiger partial charge < -0.3 is 10.6 Å². The van der Waals surface area contributed by atoms with Crippen LogP contribution in [-0.2, 0) is 9.59 Å². The van der Waals surface area contributed by atoms with Crippen LogP contribution in [0.5, 0.6) is 0 Å². The molecule has 4 nitrogen and oxygen atoms in total. The van der Waals surface area contributed by atoms with E-state index in [1.807, 2.05) is 62.4 Å². The fraction of sp³-hybridized carbons (Fsp3) is 0.333. The van der Waals surface area contributed by atoms with Crippen molar-refractivity contribution in [3.8, 4) is 0 Å². The first-order valence-electron chi connectivity index (χ1n) is 9.25. The van der Waals surface area contributed by atoms with E-state index in [0.717, 1.165) is 9.79 Å². The minimum absolute atomic E-state index is 0.0251. The normalized spacial score (nSPS) is 12.8. The molecule has 2 N–H and O–H groups in total. The fourth-order valence-corrected chi connectivity index (χ4v) is 4.38. The molecule has 0 fully saturated rings. The average molecular weight is 471 g/mol. The topological polar surface area (TPSA) is 58.2 Å². The van der Waals surface area contributed by atoms with Gasteiger partial charge >= 0.3 is 0 Å². The number of hydrogen-bond acceptors (Lipinski definition) is 4. The van der Waals surface area contributed by atoms with E-state index in [4.69, 9.17) is 23.2 Å². The molecule has 29 heavy (non-hydrogen) atoms. The van der Waals surface area contributed by atoms with E-state index in [0.29, 0.717) is 29.6 Å². The van der Waals surface area contributed by atoms with Gasteiger partial charge in [0.15, 0.2) is 0 Å². The highest BCUT2D eigenvalue weighted by Crippen LogP contribution is 2.25. The summed E-state index contributed by atoms with van der Waals surface area (Å²) in [6.45, 7) is 4.77. The predicted molar refractivity (Wildman–Crippen MR) is 124 cm³/mol. The molecule has 0 aliphatic carbocycles. The average Bonchev–Trinajstić information content (AvgIpc) is 2.70. The molecule has 2 amide bonds. The van der Waals surface area contributed by atoms with Crippen LogP contribution in [0.1, 0.15) is 20.3 Å². The molecule has 0 radical (unpaired) electrons. The predicted octanol–water partition coefficient (Wildman–Crippen LogP) is 5.28. The van der Waals surface area contributed by atoms with Crippen LogP contribution >= 0.6 is 46.7 Å². The van der Waals surface area contributed by atoms with E-state index in [1.54, 1.807) is 0 Å². The first-order chi connectivity index (χ1) is 13.8. The van der Waals surface area contributed by atoms with Gasteiger partial charge in [-0.2, -0.15) is 0 Å². The lowest BCUT2D eigenvalue weighted by molar-refractivity contribution is -0.120. The summed E-state index contributed by atoms with van der Waals surface area (Å²) in [5.41, 5.74) is 0. The Morgan fingerprint density at radius 2 is 1.10 bits per heavy atom. The Bertz CT molecular complexity index is 734. The van der Waals surface area contributed by atoms with Crippen molar-refractivity contribution < 1.29 is 9.59 Å². The zero-order valence-electron chi connectivity index (χ0n) is 16.3. The maximum atomic E-state index is 12.2. The number of amides is 2. The summed E-state index contributed by atoms with van der Waals surface area (Å²) in [5, 5.41) is 6.75. The van der Waals surface area contributed by atoms with Gasteiger partial charge in [-0.3, -0.25) is 9.59 Å². The number of nitrogens with one attached hydrogen (secondary N) is 2. The van der Waals surface area contributed by atoms with Crippen molar-refractivity contribution in [3.05, 3.63) is 58.6 Å². The molecule has 0 saturated carbocycles. The number of thioether (sulfide) groups is 2. The fourth-order valence-electron chi connectivity index (χ4n) is 2.34. The van der Waals surface area contributed by atoms with E-state index in [9.17, 15) is 9.59 Å². The SMILES string of the molecule is CC(Sc1ccc(Cl)cc1)C(=O)NCCCNC(=O)C(C)Sc1ccc(Cl)cc1. The minimum atomic E-state index is -0.207. The van der Waals surface area contributed by atoms with Gasteiger partial charge in [0, 0.05) is 32.9 Å². The lowest BCUT2D eigenvalue weighted by Gasteiger charge is -2.14. The summed E-state index contributed by atoms with van der Waals surface area (Å²) in [5.74, 6) is -0.0501. The first kappa shape index (κ1) is 23.9. The van der Waals surface area contributed by atoms with Gasteiger partial charge in [0.25, 0.3) is 0 Å². The molecular weight excluding hydrogens is 447 g/mol. The highest BCUT2D eigenvalue weighted by Gasteiger charge is 2.15.